The Kier molecular flexibility index (Phi) is 8.27. The number of nitrogens with zero attached hydrogens (tertiary/aromatic N) is 5. The molecule has 0 unspecified atom stereocenters. The molecule has 216 valence electrons. The fraction of sp³-hybridized carbons (Fsp3) is 0.290. The number of aromatic amines is 1. The molecule has 11 heteroatoms. The topological polar surface area (TPSA) is 94.7 Å². The van der Waals surface area contributed by atoms with E-state index in [1.807, 2.05) is 6.07 Å². The van der Waals surface area contributed by atoms with E-state index in [0.29, 0.717) is 34.0 Å². The number of ether oxygens (including phenoxy) is 1. The minimum Gasteiger partial charge on any atom is -0.434 e. The Labute approximate surface area is 247 Å². The quantitative estimate of drug-likeness (QED) is 0.264. The largest absolute Gasteiger partial charge is 0.434 e. The van der Waals surface area contributed by atoms with Crippen LogP contribution in [-0.2, 0) is 13.1 Å². The van der Waals surface area contributed by atoms with E-state index in [4.69, 9.17) is 16.3 Å². The minimum atomic E-state index is -0.481. The van der Waals surface area contributed by atoms with Gasteiger partial charge in [0.25, 0.3) is 11.8 Å². The van der Waals surface area contributed by atoms with E-state index in [9.17, 15) is 14.0 Å². The van der Waals surface area contributed by atoms with Crippen molar-refractivity contribution in [3.05, 3.63) is 100.0 Å². The molecular weight excluding hydrogens is 559 g/mol. The van der Waals surface area contributed by atoms with Gasteiger partial charge in [-0.1, -0.05) is 52.2 Å². The van der Waals surface area contributed by atoms with Crippen molar-refractivity contribution >= 4 is 29.0 Å². The van der Waals surface area contributed by atoms with Crippen LogP contribution in [0.4, 0.5) is 10.1 Å². The molecule has 2 aliphatic rings. The number of ketones is 1. The van der Waals surface area contributed by atoms with E-state index in [-0.39, 0.29) is 23.9 Å². The lowest BCUT2D eigenvalue weighted by Crippen LogP contribution is -2.46. The lowest BCUT2D eigenvalue weighted by atomic mass is 10.0. The molecule has 0 atom stereocenters. The molecule has 6 rings (SSSR count). The predicted molar refractivity (Wildman–Crippen MR) is 157 cm³/mol. The van der Waals surface area contributed by atoms with Crippen LogP contribution in [0.1, 0.15) is 44.8 Å². The smallest absolute Gasteiger partial charge is 0.282 e. The maximum atomic E-state index is 14.0. The number of fused-ring (bicyclic) bond motifs is 2. The molecule has 1 N–H and O–H groups in total. The molecule has 1 fully saturated rings. The Morgan fingerprint density at radius 3 is 2.57 bits per heavy atom. The fourth-order valence-corrected chi connectivity index (χ4v) is 5.55. The van der Waals surface area contributed by atoms with Crippen molar-refractivity contribution in [3.8, 4) is 11.6 Å². The number of amides is 1. The van der Waals surface area contributed by atoms with Gasteiger partial charge in [0.15, 0.2) is 17.2 Å². The van der Waals surface area contributed by atoms with Crippen LogP contribution in [0.2, 0.25) is 5.02 Å². The molecular formula is C31H30ClFN6O3. The van der Waals surface area contributed by atoms with Crippen molar-refractivity contribution in [2.45, 2.75) is 25.9 Å². The first-order chi connectivity index (χ1) is 20.4. The number of rotatable bonds is 9. The Balaban J connectivity index is 1.11. The van der Waals surface area contributed by atoms with Gasteiger partial charge in [-0.05, 0) is 60.5 Å². The number of aromatic nitrogens is 3. The van der Waals surface area contributed by atoms with Crippen molar-refractivity contribution in [2.24, 2.45) is 0 Å². The van der Waals surface area contributed by atoms with Gasteiger partial charge >= 0.3 is 0 Å². The summed E-state index contributed by atoms with van der Waals surface area (Å²) in [5.74, 6) is -0.631. The van der Waals surface area contributed by atoms with E-state index in [1.165, 1.54) is 28.7 Å². The molecule has 3 heterocycles. The zero-order valence-corrected chi connectivity index (χ0v) is 23.7. The molecule has 2 aliphatic heterocycles. The highest BCUT2D eigenvalue weighted by Gasteiger charge is 2.32. The number of carbonyl (C=O) groups excluding carboxylic acids is 2. The van der Waals surface area contributed by atoms with Gasteiger partial charge in [-0.15, -0.1) is 0 Å². The first-order valence-electron chi connectivity index (χ1n) is 13.9. The highest BCUT2D eigenvalue weighted by molar-refractivity contribution is 6.31. The standard InChI is InChI=1S/C31H30ClFN6O3/c32-25-10-9-24(33)17-23(25)20-39-26-18-22(8-11-28(26)42-30-29(31(39)41)34-36-35-30)27(40)7-4-12-37-13-15-38(16-14-37)19-21-5-2-1-3-6-21/h1-3,5-6,8-11,17-18H,4,7,12-16,19-20H2,(H,34,35,36). The number of piperazine rings is 1. The Morgan fingerprint density at radius 1 is 0.976 bits per heavy atom. The van der Waals surface area contributed by atoms with Gasteiger partial charge in [-0.25, -0.2) is 9.49 Å². The van der Waals surface area contributed by atoms with Crippen LogP contribution < -0.4 is 9.64 Å². The maximum Gasteiger partial charge on any atom is 0.282 e. The summed E-state index contributed by atoms with van der Waals surface area (Å²) >= 11 is 6.33. The van der Waals surface area contributed by atoms with Crippen LogP contribution >= 0.6 is 11.6 Å². The molecule has 9 nitrogen and oxygen atoms in total. The number of Topliss-reactive ketones (excluding diaryl/α,β-unsaturated/α-hetero) is 1. The number of hydrogen-bond acceptors (Lipinski definition) is 7. The molecule has 0 spiro atoms. The molecule has 4 aromatic rings. The summed E-state index contributed by atoms with van der Waals surface area (Å²) in [5.41, 5.74) is 2.61. The zero-order valence-electron chi connectivity index (χ0n) is 22.9. The average molecular weight is 589 g/mol. The van der Waals surface area contributed by atoms with Crippen LogP contribution in [0, 0.1) is 5.82 Å². The normalized spacial score (nSPS) is 15.6. The van der Waals surface area contributed by atoms with Crippen molar-refractivity contribution in [1.82, 2.24) is 25.2 Å². The van der Waals surface area contributed by atoms with Gasteiger partial charge in [-0.2, -0.15) is 0 Å². The van der Waals surface area contributed by atoms with Gasteiger partial charge in [0.2, 0.25) is 0 Å². The Hall–Kier alpha value is -4.12. The number of hydrogen-bond donors (Lipinski definition) is 1. The van der Waals surface area contributed by atoms with E-state index in [0.717, 1.165) is 45.7 Å². The van der Waals surface area contributed by atoms with Crippen molar-refractivity contribution in [1.29, 1.82) is 0 Å². The first-order valence-corrected chi connectivity index (χ1v) is 14.3. The average Bonchev–Trinajstić information content (AvgIpc) is 3.43. The van der Waals surface area contributed by atoms with E-state index in [1.54, 1.807) is 18.2 Å². The van der Waals surface area contributed by atoms with Gasteiger partial charge in [0.05, 0.1) is 12.2 Å². The molecule has 3 aromatic carbocycles. The first kappa shape index (κ1) is 28.0. The number of nitrogens with one attached hydrogen (secondary N) is 1. The minimum absolute atomic E-state index is 0.0250. The highest BCUT2D eigenvalue weighted by Crippen LogP contribution is 2.39. The second-order valence-electron chi connectivity index (χ2n) is 10.5. The lowest BCUT2D eigenvalue weighted by Gasteiger charge is -2.34. The summed E-state index contributed by atoms with van der Waals surface area (Å²) in [7, 11) is 0. The number of anilines is 1. The zero-order chi connectivity index (χ0) is 29.1. The molecule has 0 radical (unpaired) electrons. The second-order valence-corrected chi connectivity index (χ2v) is 10.9. The number of halogens is 2. The molecule has 0 bridgehead atoms. The fourth-order valence-electron chi connectivity index (χ4n) is 5.38. The van der Waals surface area contributed by atoms with Crippen LogP contribution in [-0.4, -0.2) is 69.6 Å². The Morgan fingerprint density at radius 2 is 1.76 bits per heavy atom. The third kappa shape index (κ3) is 6.20. The van der Waals surface area contributed by atoms with E-state index in [2.05, 4.69) is 49.5 Å². The maximum absolute atomic E-state index is 14.0. The molecule has 1 amide bonds. The van der Waals surface area contributed by atoms with Gasteiger partial charge in [0.1, 0.15) is 5.82 Å². The van der Waals surface area contributed by atoms with Crippen molar-refractivity contribution < 1.29 is 18.7 Å². The van der Waals surface area contributed by atoms with Gasteiger partial charge < -0.3 is 9.64 Å². The molecule has 42 heavy (non-hydrogen) atoms. The summed E-state index contributed by atoms with van der Waals surface area (Å²) in [6.45, 7) is 5.70. The number of benzene rings is 3. The van der Waals surface area contributed by atoms with E-state index < -0.39 is 11.7 Å². The summed E-state index contributed by atoms with van der Waals surface area (Å²) in [5, 5.41) is 10.4. The van der Waals surface area contributed by atoms with Gasteiger partial charge in [-0.3, -0.25) is 19.4 Å². The van der Waals surface area contributed by atoms with Crippen LogP contribution in [0.25, 0.3) is 0 Å². The van der Waals surface area contributed by atoms with Gasteiger partial charge in [0, 0.05) is 49.7 Å². The van der Waals surface area contributed by atoms with Crippen LogP contribution in [0.5, 0.6) is 11.6 Å². The summed E-state index contributed by atoms with van der Waals surface area (Å²) < 4.78 is 19.9. The third-order valence-electron chi connectivity index (χ3n) is 7.68. The summed E-state index contributed by atoms with van der Waals surface area (Å²) in [6.07, 6.45) is 1.10. The number of carbonyl (C=O) groups is 2. The monoisotopic (exact) mass is 588 g/mol. The molecule has 1 aromatic heterocycles. The van der Waals surface area contributed by atoms with Crippen molar-refractivity contribution in [3.63, 3.8) is 0 Å². The predicted octanol–water partition coefficient (Wildman–Crippen LogP) is 5.33. The SMILES string of the molecule is O=C(CCCN1CCN(Cc2ccccc2)CC1)c1ccc2c(c1)N(Cc1cc(F)ccc1Cl)C(=O)c1[nH]nnc1O2. The van der Waals surface area contributed by atoms with E-state index >= 15 is 0 Å². The van der Waals surface area contributed by atoms with Crippen LogP contribution in [0.15, 0.2) is 66.7 Å². The van der Waals surface area contributed by atoms with Crippen molar-refractivity contribution in [2.75, 3.05) is 37.6 Å². The number of H-pyrrole nitrogens is 1. The molecule has 1 saturated heterocycles. The summed E-state index contributed by atoms with van der Waals surface area (Å²) in [4.78, 5) is 33.0. The third-order valence-corrected chi connectivity index (χ3v) is 8.05. The second kappa shape index (κ2) is 12.4. The summed E-state index contributed by atoms with van der Waals surface area (Å²) in [6, 6.07) is 19.4. The molecule has 0 saturated carbocycles. The Bertz CT molecular complexity index is 1590. The lowest BCUT2D eigenvalue weighted by molar-refractivity contribution is 0.0955. The highest BCUT2D eigenvalue weighted by atomic mass is 35.5. The molecule has 0 aliphatic carbocycles. The van der Waals surface area contributed by atoms with Crippen LogP contribution in [0.3, 0.4) is 0 Å².